The summed E-state index contributed by atoms with van der Waals surface area (Å²) in [7, 11) is 0. The van der Waals surface area contributed by atoms with E-state index in [0.717, 1.165) is 50.2 Å². The standard InChI is InChI=1S/C19H32F2N2OS/c1-16-9-13-23(14-10-17-7-4-3-5-8-17)12-6-11-22-18(25-16)24-15-19(2,20)21/h17H,1,3-15H2,2H3. The van der Waals surface area contributed by atoms with Gasteiger partial charge in [0.1, 0.15) is 0 Å². The van der Waals surface area contributed by atoms with Gasteiger partial charge in [-0.3, -0.25) is 0 Å². The van der Waals surface area contributed by atoms with Crippen LogP contribution in [0.3, 0.4) is 0 Å². The van der Waals surface area contributed by atoms with Gasteiger partial charge in [-0.25, -0.2) is 13.8 Å². The molecule has 144 valence electrons. The summed E-state index contributed by atoms with van der Waals surface area (Å²) in [5.74, 6) is -1.94. The van der Waals surface area contributed by atoms with Gasteiger partial charge < -0.3 is 9.64 Å². The number of rotatable bonds is 5. The molecule has 3 nitrogen and oxygen atoms in total. The lowest BCUT2D eigenvalue weighted by Gasteiger charge is -2.27. The number of ether oxygens (including phenoxy) is 1. The van der Waals surface area contributed by atoms with Crippen LogP contribution in [0.2, 0.25) is 0 Å². The molecule has 1 heterocycles. The predicted molar refractivity (Wildman–Crippen MR) is 102 cm³/mol. The van der Waals surface area contributed by atoms with Gasteiger partial charge in [0.25, 0.3) is 11.2 Å². The number of hydrogen-bond acceptors (Lipinski definition) is 4. The SMILES string of the molecule is C=C1CCN(CCC2CCCCC2)CCCN=C(OCC(C)(F)F)S1. The molecule has 1 saturated carbocycles. The molecule has 0 unspecified atom stereocenters. The maximum Gasteiger partial charge on any atom is 0.278 e. The Kier molecular flexibility index (Phi) is 8.70. The Bertz CT molecular complexity index is 445. The van der Waals surface area contributed by atoms with Crippen LogP contribution in [0.5, 0.6) is 0 Å². The highest BCUT2D eigenvalue weighted by atomic mass is 32.2. The minimum Gasteiger partial charge on any atom is -0.466 e. The second kappa shape index (κ2) is 10.5. The molecule has 6 heteroatoms. The summed E-state index contributed by atoms with van der Waals surface area (Å²) < 4.78 is 31.1. The van der Waals surface area contributed by atoms with Crippen molar-refractivity contribution in [2.24, 2.45) is 10.9 Å². The Morgan fingerprint density at radius 2 is 2.00 bits per heavy atom. The zero-order valence-corrected chi connectivity index (χ0v) is 16.3. The normalized spacial score (nSPS) is 22.5. The first-order valence-electron chi connectivity index (χ1n) is 9.55. The van der Waals surface area contributed by atoms with E-state index < -0.39 is 12.5 Å². The smallest absolute Gasteiger partial charge is 0.278 e. The van der Waals surface area contributed by atoms with Gasteiger partial charge in [-0.1, -0.05) is 38.7 Å². The molecule has 25 heavy (non-hydrogen) atoms. The van der Waals surface area contributed by atoms with E-state index in [2.05, 4.69) is 16.5 Å². The molecule has 0 aromatic carbocycles. The monoisotopic (exact) mass is 374 g/mol. The molecule has 0 saturated heterocycles. The molecule has 0 aromatic heterocycles. The average molecular weight is 375 g/mol. The van der Waals surface area contributed by atoms with Gasteiger partial charge in [0.2, 0.25) is 0 Å². The number of halogens is 2. The van der Waals surface area contributed by atoms with Gasteiger partial charge in [-0.05, 0) is 54.9 Å². The van der Waals surface area contributed by atoms with Crippen molar-refractivity contribution in [3.8, 4) is 0 Å². The van der Waals surface area contributed by atoms with Gasteiger partial charge in [-0.15, -0.1) is 0 Å². The van der Waals surface area contributed by atoms with Gasteiger partial charge in [0, 0.05) is 20.0 Å². The summed E-state index contributed by atoms with van der Waals surface area (Å²) >= 11 is 1.31. The molecule has 0 spiro atoms. The highest BCUT2D eigenvalue weighted by Gasteiger charge is 2.23. The molecule has 1 fully saturated rings. The Hall–Kier alpha value is -0.620. The van der Waals surface area contributed by atoms with Crippen molar-refractivity contribution >= 4 is 17.0 Å². The molecule has 0 aromatic rings. The lowest BCUT2D eigenvalue weighted by atomic mass is 9.87. The summed E-state index contributed by atoms with van der Waals surface area (Å²) in [5.41, 5.74) is 0. The van der Waals surface area contributed by atoms with Gasteiger partial charge >= 0.3 is 0 Å². The van der Waals surface area contributed by atoms with Crippen LogP contribution in [-0.2, 0) is 4.74 Å². The molecular formula is C19H32F2N2OS. The first-order chi connectivity index (χ1) is 11.9. The lowest BCUT2D eigenvalue weighted by Crippen LogP contribution is -2.30. The van der Waals surface area contributed by atoms with Crippen molar-refractivity contribution in [3.63, 3.8) is 0 Å². The van der Waals surface area contributed by atoms with E-state index in [9.17, 15) is 8.78 Å². The third kappa shape index (κ3) is 9.04. The number of nitrogens with zero attached hydrogens (tertiary/aromatic N) is 2. The molecule has 2 rings (SSSR count). The van der Waals surface area contributed by atoms with E-state index in [-0.39, 0.29) is 0 Å². The first kappa shape index (κ1) is 20.7. The van der Waals surface area contributed by atoms with Crippen molar-refractivity contribution in [1.29, 1.82) is 0 Å². The molecule has 0 bridgehead atoms. The Morgan fingerprint density at radius 1 is 1.24 bits per heavy atom. The Balaban J connectivity index is 1.78. The minimum absolute atomic E-state index is 0.335. The van der Waals surface area contributed by atoms with E-state index in [1.165, 1.54) is 50.3 Å². The van der Waals surface area contributed by atoms with Gasteiger partial charge in [0.15, 0.2) is 6.61 Å². The molecule has 0 atom stereocenters. The third-order valence-electron chi connectivity index (χ3n) is 4.84. The van der Waals surface area contributed by atoms with Crippen LogP contribution >= 0.6 is 11.8 Å². The summed E-state index contributed by atoms with van der Waals surface area (Å²) in [6.07, 6.45) is 10.1. The lowest BCUT2D eigenvalue weighted by molar-refractivity contribution is -0.0258. The molecule has 1 aliphatic heterocycles. The Labute approximate surface area is 155 Å². The van der Waals surface area contributed by atoms with E-state index in [1.807, 2.05) is 0 Å². The van der Waals surface area contributed by atoms with Crippen molar-refractivity contribution in [2.45, 2.75) is 64.2 Å². The van der Waals surface area contributed by atoms with Crippen LogP contribution in [-0.4, -0.2) is 48.8 Å². The maximum absolute atomic E-state index is 13.0. The van der Waals surface area contributed by atoms with Gasteiger partial charge in [0.05, 0.1) is 0 Å². The molecule has 2 aliphatic rings. The van der Waals surface area contributed by atoms with Crippen LogP contribution in [0, 0.1) is 5.92 Å². The summed E-state index contributed by atoms with van der Waals surface area (Å²) in [6.45, 7) is 8.04. The van der Waals surface area contributed by atoms with Crippen LogP contribution in [0.1, 0.15) is 58.3 Å². The van der Waals surface area contributed by atoms with Crippen LogP contribution in [0.4, 0.5) is 8.78 Å². The molecule has 0 radical (unpaired) electrons. The number of hydrogen-bond donors (Lipinski definition) is 0. The predicted octanol–water partition coefficient (Wildman–Crippen LogP) is 5.33. The third-order valence-corrected chi connectivity index (χ3v) is 5.75. The highest BCUT2D eigenvalue weighted by molar-refractivity contribution is 8.16. The van der Waals surface area contributed by atoms with Crippen molar-refractivity contribution in [2.75, 3.05) is 32.8 Å². The zero-order valence-electron chi connectivity index (χ0n) is 15.4. The first-order valence-corrected chi connectivity index (χ1v) is 10.4. The van der Waals surface area contributed by atoms with E-state index in [0.29, 0.717) is 11.8 Å². The summed E-state index contributed by atoms with van der Waals surface area (Å²) in [5, 5.41) is 0.335. The fraction of sp³-hybridized carbons (Fsp3) is 0.842. The summed E-state index contributed by atoms with van der Waals surface area (Å²) in [6, 6.07) is 0. The van der Waals surface area contributed by atoms with E-state index >= 15 is 0 Å². The highest BCUT2D eigenvalue weighted by Crippen LogP contribution is 2.27. The maximum atomic E-state index is 13.0. The number of thioether (sulfide) groups is 1. The second-order valence-electron chi connectivity index (χ2n) is 7.39. The molecule has 1 aliphatic carbocycles. The Morgan fingerprint density at radius 3 is 2.72 bits per heavy atom. The quantitative estimate of drug-likeness (QED) is 0.650. The zero-order chi connectivity index (χ0) is 18.1. The largest absolute Gasteiger partial charge is 0.466 e. The summed E-state index contributed by atoms with van der Waals surface area (Å²) in [4.78, 5) is 7.81. The van der Waals surface area contributed by atoms with E-state index in [4.69, 9.17) is 4.74 Å². The van der Waals surface area contributed by atoms with Crippen molar-refractivity contribution in [1.82, 2.24) is 4.90 Å². The minimum atomic E-state index is -2.84. The fourth-order valence-corrected chi connectivity index (χ4v) is 4.11. The van der Waals surface area contributed by atoms with Crippen molar-refractivity contribution < 1.29 is 13.5 Å². The number of alkyl halides is 2. The average Bonchev–Trinajstić information content (AvgIpc) is 2.58. The van der Waals surface area contributed by atoms with Crippen LogP contribution in [0.25, 0.3) is 0 Å². The van der Waals surface area contributed by atoms with E-state index in [1.54, 1.807) is 0 Å². The van der Waals surface area contributed by atoms with Crippen LogP contribution in [0.15, 0.2) is 16.5 Å². The number of aliphatic imine (C=N–C) groups is 1. The molecule has 0 amide bonds. The topological polar surface area (TPSA) is 24.8 Å². The molecule has 0 N–H and O–H groups in total. The van der Waals surface area contributed by atoms with Gasteiger partial charge in [-0.2, -0.15) is 0 Å². The van der Waals surface area contributed by atoms with Crippen molar-refractivity contribution in [3.05, 3.63) is 11.5 Å². The van der Waals surface area contributed by atoms with Crippen LogP contribution < -0.4 is 0 Å². The second-order valence-corrected chi connectivity index (χ2v) is 8.52. The molecular weight excluding hydrogens is 342 g/mol. The fourth-order valence-electron chi connectivity index (χ4n) is 3.39.